The van der Waals surface area contributed by atoms with Crippen LogP contribution in [0.1, 0.15) is 34.8 Å². The van der Waals surface area contributed by atoms with E-state index in [2.05, 4.69) is 23.2 Å². The Labute approximate surface area is 130 Å². The summed E-state index contributed by atoms with van der Waals surface area (Å²) in [6, 6.07) is 13.2. The summed E-state index contributed by atoms with van der Waals surface area (Å²) in [5.74, 6) is -0.116. The van der Waals surface area contributed by atoms with Crippen LogP contribution in [0.5, 0.6) is 0 Å². The third kappa shape index (κ3) is 2.97. The van der Waals surface area contributed by atoms with Gasteiger partial charge in [0.25, 0.3) is 5.91 Å². The third-order valence-corrected chi connectivity index (χ3v) is 3.99. The lowest BCUT2D eigenvalue weighted by Crippen LogP contribution is -2.17. The van der Waals surface area contributed by atoms with E-state index < -0.39 is 0 Å². The highest BCUT2D eigenvalue weighted by Gasteiger charge is 2.21. The highest BCUT2D eigenvalue weighted by molar-refractivity contribution is 6.05. The first-order valence-electron chi connectivity index (χ1n) is 7.67. The molecule has 2 aromatic carbocycles. The minimum Gasteiger partial charge on any atom is -0.399 e. The number of fused-ring (bicyclic) bond motifs is 1. The maximum absolute atomic E-state index is 12.4. The summed E-state index contributed by atoms with van der Waals surface area (Å²) < 4.78 is 0. The molecular weight excluding hydrogens is 274 g/mol. The van der Waals surface area contributed by atoms with Gasteiger partial charge < -0.3 is 11.1 Å². The Balaban J connectivity index is 1.80. The number of hydrogen-bond donors (Lipinski definition) is 2. The molecular formula is C18H21N3O. The number of nitrogens with zero attached hydrogens (tertiary/aromatic N) is 1. The van der Waals surface area contributed by atoms with Gasteiger partial charge in [0.1, 0.15) is 0 Å². The normalized spacial score (nSPS) is 13.9. The molecule has 0 aromatic heterocycles. The minimum atomic E-state index is -0.116. The van der Waals surface area contributed by atoms with Crippen LogP contribution in [0, 0.1) is 0 Å². The lowest BCUT2D eigenvalue weighted by molar-refractivity contribution is 0.102. The number of carbonyl (C=O) groups is 1. The topological polar surface area (TPSA) is 58.4 Å². The molecule has 0 saturated carbocycles. The van der Waals surface area contributed by atoms with Gasteiger partial charge in [-0.05, 0) is 48.4 Å². The zero-order valence-corrected chi connectivity index (χ0v) is 12.8. The molecule has 114 valence electrons. The molecule has 3 rings (SSSR count). The van der Waals surface area contributed by atoms with Gasteiger partial charge >= 0.3 is 0 Å². The number of anilines is 2. The fraction of sp³-hybridized carbons (Fsp3) is 0.278. The Morgan fingerprint density at radius 3 is 2.82 bits per heavy atom. The van der Waals surface area contributed by atoms with Crippen molar-refractivity contribution in [3.63, 3.8) is 0 Å². The number of nitrogen functional groups attached to an aromatic ring is 1. The van der Waals surface area contributed by atoms with Crippen molar-refractivity contribution >= 4 is 17.3 Å². The molecule has 1 heterocycles. The van der Waals surface area contributed by atoms with Gasteiger partial charge in [-0.15, -0.1) is 0 Å². The van der Waals surface area contributed by atoms with E-state index in [1.165, 1.54) is 11.1 Å². The lowest BCUT2D eigenvalue weighted by atomic mass is 10.1. The summed E-state index contributed by atoms with van der Waals surface area (Å²) in [7, 11) is 0. The second kappa shape index (κ2) is 6.20. The molecule has 0 aliphatic carbocycles. The molecule has 1 aliphatic rings. The molecule has 0 spiro atoms. The number of nitrogens with one attached hydrogen (secondary N) is 1. The van der Waals surface area contributed by atoms with E-state index in [1.807, 2.05) is 12.1 Å². The molecule has 0 atom stereocenters. The van der Waals surface area contributed by atoms with Crippen LogP contribution in [0.15, 0.2) is 42.5 Å². The average molecular weight is 295 g/mol. The minimum absolute atomic E-state index is 0.116. The fourth-order valence-corrected chi connectivity index (χ4v) is 2.96. The summed E-state index contributed by atoms with van der Waals surface area (Å²) in [6.07, 6.45) is 1.14. The fourth-order valence-electron chi connectivity index (χ4n) is 2.96. The Morgan fingerprint density at radius 2 is 2.05 bits per heavy atom. The highest BCUT2D eigenvalue weighted by Crippen LogP contribution is 2.29. The van der Waals surface area contributed by atoms with Crippen LogP contribution >= 0.6 is 0 Å². The Hall–Kier alpha value is -2.33. The molecule has 0 saturated heterocycles. The van der Waals surface area contributed by atoms with Crippen LogP contribution in [0.25, 0.3) is 0 Å². The summed E-state index contributed by atoms with van der Waals surface area (Å²) in [5, 5.41) is 3.03. The van der Waals surface area contributed by atoms with Gasteiger partial charge in [0.2, 0.25) is 0 Å². The van der Waals surface area contributed by atoms with Gasteiger partial charge in [-0.3, -0.25) is 9.69 Å². The van der Waals surface area contributed by atoms with Gasteiger partial charge in [0, 0.05) is 30.0 Å². The predicted molar refractivity (Wildman–Crippen MR) is 89.7 cm³/mol. The van der Waals surface area contributed by atoms with Crippen LogP contribution in [0.2, 0.25) is 0 Å². The Kier molecular flexibility index (Phi) is 4.11. The van der Waals surface area contributed by atoms with Crippen LogP contribution < -0.4 is 11.1 Å². The first kappa shape index (κ1) is 14.6. The SMILES string of the molecule is CCCN1Cc2cccc(NC(=O)c3cccc(N)c3)c2C1. The largest absolute Gasteiger partial charge is 0.399 e. The first-order valence-corrected chi connectivity index (χ1v) is 7.67. The van der Waals surface area contributed by atoms with Crippen molar-refractivity contribution in [2.45, 2.75) is 26.4 Å². The Morgan fingerprint density at radius 1 is 1.23 bits per heavy atom. The molecule has 0 fully saturated rings. The van der Waals surface area contributed by atoms with Crippen LogP contribution in [-0.2, 0) is 13.1 Å². The second-order valence-corrected chi connectivity index (χ2v) is 5.73. The molecule has 3 N–H and O–H groups in total. The number of nitrogens with two attached hydrogens (primary N) is 1. The van der Waals surface area contributed by atoms with E-state index in [0.29, 0.717) is 11.3 Å². The standard InChI is InChI=1S/C18H21N3O/c1-2-9-21-11-14-6-4-8-17(16(14)12-21)20-18(22)13-5-3-7-15(19)10-13/h3-8,10H,2,9,11-12,19H2,1H3,(H,20,22). The Bertz CT molecular complexity index is 696. The third-order valence-electron chi connectivity index (χ3n) is 3.99. The highest BCUT2D eigenvalue weighted by atomic mass is 16.1. The van der Waals surface area contributed by atoms with Gasteiger partial charge in [-0.1, -0.05) is 25.1 Å². The molecule has 1 aliphatic heterocycles. The zero-order chi connectivity index (χ0) is 15.5. The van der Waals surface area contributed by atoms with Gasteiger partial charge in [-0.2, -0.15) is 0 Å². The molecule has 4 nitrogen and oxygen atoms in total. The number of amides is 1. The smallest absolute Gasteiger partial charge is 0.255 e. The number of rotatable bonds is 4. The lowest BCUT2D eigenvalue weighted by Gasteiger charge is -2.13. The van der Waals surface area contributed by atoms with E-state index >= 15 is 0 Å². The van der Waals surface area contributed by atoms with E-state index in [-0.39, 0.29) is 5.91 Å². The summed E-state index contributed by atoms with van der Waals surface area (Å²) in [4.78, 5) is 14.8. The molecule has 22 heavy (non-hydrogen) atoms. The summed E-state index contributed by atoms with van der Waals surface area (Å²) in [5.41, 5.74) is 10.4. The number of hydrogen-bond acceptors (Lipinski definition) is 3. The predicted octanol–water partition coefficient (Wildman–Crippen LogP) is 3.25. The monoisotopic (exact) mass is 295 g/mol. The van der Waals surface area contributed by atoms with Crippen molar-refractivity contribution in [3.8, 4) is 0 Å². The molecule has 1 amide bonds. The molecule has 2 aromatic rings. The van der Waals surface area contributed by atoms with Crippen molar-refractivity contribution in [3.05, 3.63) is 59.2 Å². The van der Waals surface area contributed by atoms with E-state index in [0.717, 1.165) is 31.7 Å². The van der Waals surface area contributed by atoms with Crippen LogP contribution in [-0.4, -0.2) is 17.4 Å². The molecule has 0 bridgehead atoms. The van der Waals surface area contributed by atoms with Crippen molar-refractivity contribution in [1.82, 2.24) is 4.90 Å². The van der Waals surface area contributed by atoms with Gasteiger partial charge in [0.05, 0.1) is 0 Å². The van der Waals surface area contributed by atoms with Crippen LogP contribution in [0.3, 0.4) is 0 Å². The number of benzene rings is 2. The first-order chi connectivity index (χ1) is 10.7. The molecule has 0 radical (unpaired) electrons. The summed E-state index contributed by atoms with van der Waals surface area (Å²) in [6.45, 7) is 5.13. The summed E-state index contributed by atoms with van der Waals surface area (Å²) >= 11 is 0. The van der Waals surface area contributed by atoms with Crippen molar-refractivity contribution < 1.29 is 4.79 Å². The quantitative estimate of drug-likeness (QED) is 0.851. The van der Waals surface area contributed by atoms with Crippen molar-refractivity contribution in [1.29, 1.82) is 0 Å². The van der Waals surface area contributed by atoms with E-state index in [9.17, 15) is 4.79 Å². The van der Waals surface area contributed by atoms with Gasteiger partial charge in [-0.25, -0.2) is 0 Å². The zero-order valence-electron chi connectivity index (χ0n) is 12.8. The average Bonchev–Trinajstić information content (AvgIpc) is 2.91. The maximum Gasteiger partial charge on any atom is 0.255 e. The molecule has 0 unspecified atom stereocenters. The van der Waals surface area contributed by atoms with E-state index in [4.69, 9.17) is 5.73 Å². The van der Waals surface area contributed by atoms with Crippen molar-refractivity contribution in [2.75, 3.05) is 17.6 Å². The van der Waals surface area contributed by atoms with E-state index in [1.54, 1.807) is 24.3 Å². The number of carbonyl (C=O) groups excluding carboxylic acids is 1. The molecule has 4 heteroatoms. The van der Waals surface area contributed by atoms with Crippen LogP contribution in [0.4, 0.5) is 11.4 Å². The maximum atomic E-state index is 12.4. The second-order valence-electron chi connectivity index (χ2n) is 5.73. The van der Waals surface area contributed by atoms with Crippen molar-refractivity contribution in [2.24, 2.45) is 0 Å². The van der Waals surface area contributed by atoms with Gasteiger partial charge in [0.15, 0.2) is 0 Å².